The van der Waals surface area contributed by atoms with Gasteiger partial charge in [-0.15, -0.1) is 10.2 Å². The van der Waals surface area contributed by atoms with Gasteiger partial charge in [0.15, 0.2) is 0 Å². The number of ether oxygens (including phenoxy) is 1. The number of alkyl halides is 3. The second kappa shape index (κ2) is 8.08. The first-order valence-corrected chi connectivity index (χ1v) is 8.43. The molecule has 0 bridgehead atoms. The minimum absolute atomic E-state index is 0.365. The molecule has 28 heavy (non-hydrogen) atoms. The molecule has 1 N–H and O–H groups in total. The molecule has 0 unspecified atom stereocenters. The molecule has 0 aliphatic rings. The van der Waals surface area contributed by atoms with Gasteiger partial charge in [0.1, 0.15) is 0 Å². The highest BCUT2D eigenvalue weighted by atomic mass is 19.4. The molecule has 0 aliphatic carbocycles. The van der Waals surface area contributed by atoms with Crippen molar-refractivity contribution in [3.63, 3.8) is 0 Å². The molecule has 8 heteroatoms. The third-order valence-corrected chi connectivity index (χ3v) is 3.85. The predicted octanol–water partition coefficient (Wildman–Crippen LogP) is 4.81. The molecule has 0 saturated heterocycles. The zero-order chi connectivity index (χ0) is 20.1. The molecule has 0 spiro atoms. The number of nitrogens with one attached hydrogen (secondary N) is 1. The van der Waals surface area contributed by atoms with Crippen LogP contribution in [0, 0.1) is 0 Å². The van der Waals surface area contributed by atoms with Gasteiger partial charge >= 0.3 is 6.18 Å². The number of amides is 1. The van der Waals surface area contributed by atoms with E-state index in [0.717, 1.165) is 17.7 Å². The van der Waals surface area contributed by atoms with Crippen LogP contribution in [0.5, 0.6) is 5.88 Å². The smallest absolute Gasteiger partial charge is 0.417 e. The zero-order valence-corrected chi connectivity index (χ0v) is 14.8. The Kier molecular flexibility index (Phi) is 5.58. The summed E-state index contributed by atoms with van der Waals surface area (Å²) in [4.78, 5) is 12.3. The molecule has 0 fully saturated rings. The van der Waals surface area contributed by atoms with Crippen LogP contribution >= 0.6 is 0 Å². The van der Waals surface area contributed by atoms with E-state index in [-0.39, 0.29) is 0 Å². The molecule has 144 valence electrons. The maximum absolute atomic E-state index is 13.1. The topological polar surface area (TPSA) is 64.1 Å². The SMILES string of the molecule is CCOc1ccc(-c2ccc(NC(=O)c3ccccc3C(F)(F)F)cc2)nn1. The fourth-order valence-electron chi connectivity index (χ4n) is 2.55. The quantitative estimate of drug-likeness (QED) is 0.682. The van der Waals surface area contributed by atoms with E-state index in [4.69, 9.17) is 4.74 Å². The molecule has 1 aromatic heterocycles. The molecule has 0 radical (unpaired) electrons. The molecule has 3 aromatic rings. The van der Waals surface area contributed by atoms with Gasteiger partial charge in [0.05, 0.1) is 23.4 Å². The lowest BCUT2D eigenvalue weighted by atomic mass is 10.1. The Bertz CT molecular complexity index is 956. The second-order valence-corrected chi connectivity index (χ2v) is 5.76. The molecule has 5 nitrogen and oxygen atoms in total. The number of hydrogen-bond donors (Lipinski definition) is 1. The van der Waals surface area contributed by atoms with Crippen molar-refractivity contribution in [1.82, 2.24) is 10.2 Å². The summed E-state index contributed by atoms with van der Waals surface area (Å²) in [5.74, 6) is -0.417. The summed E-state index contributed by atoms with van der Waals surface area (Å²) in [7, 11) is 0. The summed E-state index contributed by atoms with van der Waals surface area (Å²) in [5, 5.41) is 10.5. The lowest BCUT2D eigenvalue weighted by molar-refractivity contribution is -0.137. The standard InChI is InChI=1S/C20H16F3N3O2/c1-2-28-18-12-11-17(25-26-18)13-7-9-14(10-8-13)24-19(27)15-5-3-4-6-16(15)20(21,22)23/h3-12H,2H2,1H3,(H,24,27). The van der Waals surface area contributed by atoms with E-state index >= 15 is 0 Å². The molecule has 2 aromatic carbocycles. The van der Waals surface area contributed by atoms with E-state index in [0.29, 0.717) is 23.9 Å². The summed E-state index contributed by atoms with van der Waals surface area (Å²) in [6, 6.07) is 14.6. The van der Waals surface area contributed by atoms with E-state index in [1.165, 1.54) is 12.1 Å². The van der Waals surface area contributed by atoms with Crippen LogP contribution in [0.15, 0.2) is 60.7 Å². The van der Waals surface area contributed by atoms with Crippen molar-refractivity contribution >= 4 is 11.6 Å². The fraction of sp³-hybridized carbons (Fsp3) is 0.150. The van der Waals surface area contributed by atoms with Crippen molar-refractivity contribution in [2.45, 2.75) is 13.1 Å². The highest BCUT2D eigenvalue weighted by Gasteiger charge is 2.34. The molecule has 0 atom stereocenters. The van der Waals surface area contributed by atoms with Crippen LogP contribution in [-0.2, 0) is 6.18 Å². The number of carbonyl (C=O) groups excluding carboxylic acids is 1. The molecule has 1 amide bonds. The Morgan fingerprint density at radius 3 is 2.32 bits per heavy atom. The number of hydrogen-bond acceptors (Lipinski definition) is 4. The van der Waals surface area contributed by atoms with Crippen LogP contribution in [0.3, 0.4) is 0 Å². The lowest BCUT2D eigenvalue weighted by Gasteiger charge is -2.13. The minimum atomic E-state index is -4.61. The van der Waals surface area contributed by atoms with Crippen LogP contribution in [0.25, 0.3) is 11.3 Å². The Hall–Kier alpha value is -3.42. The summed E-state index contributed by atoms with van der Waals surface area (Å²) in [6.45, 7) is 2.33. The van der Waals surface area contributed by atoms with Gasteiger partial charge in [-0.05, 0) is 37.3 Å². The third-order valence-electron chi connectivity index (χ3n) is 3.85. The first-order valence-electron chi connectivity index (χ1n) is 8.43. The van der Waals surface area contributed by atoms with Crippen LogP contribution in [0.2, 0.25) is 0 Å². The molecule has 1 heterocycles. The summed E-state index contributed by atoms with van der Waals surface area (Å²) < 4.78 is 44.4. The van der Waals surface area contributed by atoms with Gasteiger partial charge in [0, 0.05) is 17.3 Å². The molecule has 0 aliphatic heterocycles. The summed E-state index contributed by atoms with van der Waals surface area (Å²) in [5.41, 5.74) is 0.294. The van der Waals surface area contributed by atoms with Crippen molar-refractivity contribution in [2.24, 2.45) is 0 Å². The van der Waals surface area contributed by atoms with Crippen molar-refractivity contribution in [1.29, 1.82) is 0 Å². The Morgan fingerprint density at radius 2 is 1.71 bits per heavy atom. The minimum Gasteiger partial charge on any atom is -0.477 e. The number of nitrogens with zero attached hydrogens (tertiary/aromatic N) is 2. The van der Waals surface area contributed by atoms with E-state index in [1.54, 1.807) is 36.4 Å². The Balaban J connectivity index is 1.75. The van der Waals surface area contributed by atoms with Gasteiger partial charge in [-0.1, -0.05) is 24.3 Å². The van der Waals surface area contributed by atoms with Crippen molar-refractivity contribution in [3.05, 3.63) is 71.8 Å². The lowest BCUT2D eigenvalue weighted by Crippen LogP contribution is -2.18. The molecular weight excluding hydrogens is 371 g/mol. The van der Waals surface area contributed by atoms with Gasteiger partial charge in [-0.2, -0.15) is 13.2 Å². The number of rotatable bonds is 5. The van der Waals surface area contributed by atoms with Crippen molar-refractivity contribution < 1.29 is 22.7 Å². The number of benzene rings is 2. The van der Waals surface area contributed by atoms with E-state index in [2.05, 4.69) is 15.5 Å². The van der Waals surface area contributed by atoms with Crippen LogP contribution in [0.4, 0.5) is 18.9 Å². The third kappa shape index (κ3) is 4.46. The normalized spacial score (nSPS) is 11.1. The maximum Gasteiger partial charge on any atom is 0.417 e. The molecule has 3 rings (SSSR count). The van der Waals surface area contributed by atoms with Crippen LogP contribution in [0.1, 0.15) is 22.8 Å². The molecular formula is C20H16F3N3O2. The highest BCUT2D eigenvalue weighted by Crippen LogP contribution is 2.32. The van der Waals surface area contributed by atoms with Crippen molar-refractivity contribution in [2.75, 3.05) is 11.9 Å². The molecule has 0 saturated carbocycles. The summed E-state index contributed by atoms with van der Waals surface area (Å²) >= 11 is 0. The monoisotopic (exact) mass is 387 g/mol. The van der Waals surface area contributed by atoms with Gasteiger partial charge in [0.2, 0.25) is 5.88 Å². The number of halogens is 3. The maximum atomic E-state index is 13.1. The van der Waals surface area contributed by atoms with Gasteiger partial charge in [0.25, 0.3) is 5.91 Å². The zero-order valence-electron chi connectivity index (χ0n) is 14.8. The first-order chi connectivity index (χ1) is 13.4. The summed E-state index contributed by atoms with van der Waals surface area (Å²) in [6.07, 6.45) is -4.61. The number of aromatic nitrogens is 2. The number of anilines is 1. The number of carbonyl (C=O) groups is 1. The second-order valence-electron chi connectivity index (χ2n) is 5.76. The van der Waals surface area contributed by atoms with Crippen LogP contribution < -0.4 is 10.1 Å². The van der Waals surface area contributed by atoms with Gasteiger partial charge in [-0.3, -0.25) is 4.79 Å². The van der Waals surface area contributed by atoms with Crippen LogP contribution in [-0.4, -0.2) is 22.7 Å². The van der Waals surface area contributed by atoms with E-state index in [9.17, 15) is 18.0 Å². The Labute approximate surface area is 159 Å². The fourth-order valence-corrected chi connectivity index (χ4v) is 2.55. The Morgan fingerprint density at radius 1 is 1.00 bits per heavy atom. The highest BCUT2D eigenvalue weighted by molar-refractivity contribution is 6.05. The van der Waals surface area contributed by atoms with Crippen molar-refractivity contribution in [3.8, 4) is 17.1 Å². The largest absolute Gasteiger partial charge is 0.477 e. The first kappa shape index (κ1) is 19.3. The average molecular weight is 387 g/mol. The average Bonchev–Trinajstić information content (AvgIpc) is 2.69. The van der Waals surface area contributed by atoms with E-state index in [1.807, 2.05) is 6.92 Å². The van der Waals surface area contributed by atoms with E-state index < -0.39 is 23.2 Å². The predicted molar refractivity (Wildman–Crippen MR) is 98.0 cm³/mol. The van der Waals surface area contributed by atoms with Gasteiger partial charge in [-0.25, -0.2) is 0 Å². The van der Waals surface area contributed by atoms with Gasteiger partial charge < -0.3 is 10.1 Å².